The summed E-state index contributed by atoms with van der Waals surface area (Å²) in [5, 5.41) is 4.06. The van der Waals surface area contributed by atoms with Gasteiger partial charge in [0.2, 0.25) is 17.7 Å². The van der Waals surface area contributed by atoms with E-state index in [0.717, 1.165) is 45.7 Å². The Hall–Kier alpha value is -5.91. The number of alkyl halides is 3. The number of likely N-dealkylation sites (tertiary alicyclic amines) is 1. The first-order valence-corrected chi connectivity index (χ1v) is 20.0. The Morgan fingerprint density at radius 2 is 1.60 bits per heavy atom. The summed E-state index contributed by atoms with van der Waals surface area (Å²) in [5.41, 5.74) is 2.10. The van der Waals surface area contributed by atoms with E-state index in [1.54, 1.807) is 24.5 Å². The van der Waals surface area contributed by atoms with Crippen molar-refractivity contribution in [2.45, 2.75) is 69.1 Å². The number of nitrogens with one attached hydrogen (secondary N) is 2. The fourth-order valence-corrected chi connectivity index (χ4v) is 8.14. The summed E-state index contributed by atoms with van der Waals surface area (Å²) in [7, 11) is 0. The minimum atomic E-state index is -4.65. The van der Waals surface area contributed by atoms with E-state index in [-0.39, 0.29) is 36.2 Å². The number of aromatic nitrogens is 3. The molecule has 0 bridgehead atoms. The first kappa shape index (κ1) is 39.5. The van der Waals surface area contributed by atoms with Gasteiger partial charge in [0.15, 0.2) is 0 Å². The van der Waals surface area contributed by atoms with E-state index in [0.29, 0.717) is 69.0 Å². The maximum absolute atomic E-state index is 14.2. The summed E-state index contributed by atoms with van der Waals surface area (Å²) in [4.78, 5) is 64.6. The second kappa shape index (κ2) is 16.3. The third-order valence-corrected chi connectivity index (χ3v) is 11.4. The first-order chi connectivity index (χ1) is 29.0. The van der Waals surface area contributed by atoms with E-state index in [1.165, 1.54) is 18.3 Å². The molecule has 5 aromatic rings. The second-order valence-corrected chi connectivity index (χ2v) is 15.6. The number of nitrogens with zero attached hydrogens (tertiary/aromatic N) is 4. The molecule has 3 aromatic heterocycles. The van der Waals surface area contributed by atoms with Crippen LogP contribution in [0.15, 0.2) is 67.1 Å². The molecule has 6 heterocycles. The number of rotatable bonds is 15. The lowest BCUT2D eigenvalue weighted by molar-refractivity contribution is -0.141. The largest absolute Gasteiger partial charge is 0.488 e. The van der Waals surface area contributed by atoms with Crippen LogP contribution in [0, 0.1) is 0 Å². The van der Waals surface area contributed by atoms with Crippen LogP contribution < -0.4 is 14.8 Å². The maximum atomic E-state index is 14.2. The van der Waals surface area contributed by atoms with Crippen molar-refractivity contribution >= 4 is 45.4 Å². The van der Waals surface area contributed by atoms with Gasteiger partial charge in [-0.15, -0.1) is 0 Å². The van der Waals surface area contributed by atoms with E-state index in [1.807, 2.05) is 18.2 Å². The van der Waals surface area contributed by atoms with Crippen LogP contribution >= 0.6 is 0 Å². The number of pyridine rings is 2. The van der Waals surface area contributed by atoms with Gasteiger partial charge in [-0.25, -0.2) is 4.98 Å². The molecule has 2 aromatic carbocycles. The molecule has 312 valence electrons. The van der Waals surface area contributed by atoms with Gasteiger partial charge in [0.05, 0.1) is 17.2 Å². The van der Waals surface area contributed by atoms with Crippen molar-refractivity contribution in [1.29, 1.82) is 0 Å². The van der Waals surface area contributed by atoms with Crippen molar-refractivity contribution in [2.24, 2.45) is 0 Å². The van der Waals surface area contributed by atoms with Crippen molar-refractivity contribution in [3.8, 4) is 22.8 Å². The van der Waals surface area contributed by atoms with Crippen LogP contribution in [0.1, 0.15) is 64.8 Å². The molecule has 14 nitrogen and oxygen atoms in total. The molecule has 60 heavy (non-hydrogen) atoms. The van der Waals surface area contributed by atoms with Crippen molar-refractivity contribution in [1.82, 2.24) is 30.1 Å². The summed E-state index contributed by atoms with van der Waals surface area (Å²) in [6.45, 7) is 3.80. The summed E-state index contributed by atoms with van der Waals surface area (Å²) in [5.74, 6) is -2.17. The number of carbonyl (C=O) groups is 4. The number of piperidine rings is 1. The minimum Gasteiger partial charge on any atom is -0.488 e. The highest BCUT2D eigenvalue weighted by atomic mass is 19.4. The summed E-state index contributed by atoms with van der Waals surface area (Å²) in [6.07, 6.45) is 2.21. The van der Waals surface area contributed by atoms with Crippen LogP contribution in [-0.4, -0.2) is 112 Å². The molecule has 1 aliphatic carbocycles. The summed E-state index contributed by atoms with van der Waals surface area (Å²) < 4.78 is 65.9. The van der Waals surface area contributed by atoms with Crippen LogP contribution in [0.3, 0.4) is 0 Å². The van der Waals surface area contributed by atoms with Crippen molar-refractivity contribution in [3.63, 3.8) is 0 Å². The highest BCUT2D eigenvalue weighted by Crippen LogP contribution is 2.40. The molecular weight excluding hydrogens is 786 g/mol. The number of amides is 4. The smallest absolute Gasteiger partial charge is 0.421 e. The first-order valence-electron chi connectivity index (χ1n) is 20.0. The second-order valence-electron chi connectivity index (χ2n) is 15.6. The molecule has 4 amide bonds. The molecule has 17 heteroatoms. The van der Waals surface area contributed by atoms with Gasteiger partial charge in [0.25, 0.3) is 11.8 Å². The quantitative estimate of drug-likeness (QED) is 0.0985. The molecule has 1 saturated carbocycles. The van der Waals surface area contributed by atoms with E-state index >= 15 is 0 Å². The number of fused-ring (bicyclic) bond motifs is 4. The van der Waals surface area contributed by atoms with Gasteiger partial charge < -0.3 is 23.9 Å². The van der Waals surface area contributed by atoms with Gasteiger partial charge in [-0.1, -0.05) is 12.1 Å². The van der Waals surface area contributed by atoms with Gasteiger partial charge in [-0.2, -0.15) is 13.2 Å². The molecule has 0 spiro atoms. The van der Waals surface area contributed by atoms with E-state index < -0.39 is 53.4 Å². The zero-order valence-electron chi connectivity index (χ0n) is 32.3. The van der Waals surface area contributed by atoms with Crippen molar-refractivity contribution in [3.05, 3.63) is 83.8 Å². The number of hydrogen-bond acceptors (Lipinski definition) is 11. The topological polar surface area (TPSA) is 165 Å². The third kappa shape index (κ3) is 8.03. The highest BCUT2D eigenvalue weighted by Gasteiger charge is 2.45. The number of halogens is 3. The average molecular weight is 827 g/mol. The molecule has 3 fully saturated rings. The van der Waals surface area contributed by atoms with E-state index in [2.05, 4.69) is 25.2 Å². The Labute approximate surface area is 341 Å². The van der Waals surface area contributed by atoms with Gasteiger partial charge >= 0.3 is 6.18 Å². The molecule has 4 aliphatic rings. The molecule has 9 rings (SSSR count). The lowest BCUT2D eigenvalue weighted by atomic mass is 9.92. The fourth-order valence-electron chi connectivity index (χ4n) is 8.14. The van der Waals surface area contributed by atoms with Crippen LogP contribution in [0.2, 0.25) is 0 Å². The Kier molecular flexibility index (Phi) is 10.7. The normalized spacial score (nSPS) is 21.0. The lowest BCUT2D eigenvalue weighted by Crippen LogP contribution is -2.54. The predicted octanol–water partition coefficient (Wildman–Crippen LogP) is 5.68. The SMILES string of the molecule is O=C1CCC(N2C(=O)c3ccc(OC4CN(CCCOCCCO[C@H]5C[C@H](Oc6ncc(-c7ccc8c(c7)[nH]c7ccncc78)cc6C(F)(F)F)C5)C4)cc3C2=O)C(=O)N1. The molecule has 3 aliphatic heterocycles. The summed E-state index contributed by atoms with van der Waals surface area (Å²) in [6, 6.07) is 12.1. The van der Waals surface area contributed by atoms with Crippen LogP contribution in [0.5, 0.6) is 11.6 Å². The molecule has 1 atom stereocenters. The van der Waals surface area contributed by atoms with Gasteiger partial charge in [-0.3, -0.25) is 39.3 Å². The Balaban J connectivity index is 0.646. The molecular formula is C43H41F3N6O8. The number of imide groups is 2. The van der Waals surface area contributed by atoms with Crippen LogP contribution in [0.4, 0.5) is 13.2 Å². The standard InChI is InChI=1S/C43H41F3N6O8/c44-43(45,46)34-15-25(24-3-5-30-33-21-47-10-9-35(33)49-36(30)16-24)20-48-40(34)60-28-17-27(18-28)58-14-2-13-57-12-1-11-51-22-29(23-51)59-26-4-6-31-32(19-26)42(56)52(41(31)55)37-7-8-38(53)50-39(37)54/h3-6,9-10,15-16,19-21,27-29,37,49H,1-2,7-8,11-14,17-18,22-23H2,(H,50,53,54)/t27-,28-,37?. The number of aromatic amines is 1. The highest BCUT2D eigenvalue weighted by molar-refractivity contribution is 6.23. The summed E-state index contributed by atoms with van der Waals surface area (Å²) >= 11 is 0. The monoisotopic (exact) mass is 826 g/mol. The zero-order chi connectivity index (χ0) is 41.5. The zero-order valence-corrected chi connectivity index (χ0v) is 32.3. The maximum Gasteiger partial charge on any atom is 0.421 e. The predicted molar refractivity (Wildman–Crippen MR) is 209 cm³/mol. The molecule has 1 unspecified atom stereocenters. The van der Waals surface area contributed by atoms with Crippen LogP contribution in [-0.2, 0) is 25.2 Å². The van der Waals surface area contributed by atoms with E-state index in [4.69, 9.17) is 18.9 Å². The third-order valence-electron chi connectivity index (χ3n) is 11.4. The number of H-pyrrole nitrogens is 1. The molecule has 2 saturated heterocycles. The Morgan fingerprint density at radius 1 is 0.783 bits per heavy atom. The minimum absolute atomic E-state index is 0.0571. The number of ether oxygens (including phenoxy) is 4. The van der Waals surface area contributed by atoms with E-state index in [9.17, 15) is 32.3 Å². The van der Waals surface area contributed by atoms with Gasteiger partial charge in [-0.05, 0) is 61.2 Å². The Bertz CT molecular complexity index is 2480. The Morgan fingerprint density at radius 3 is 2.42 bits per heavy atom. The van der Waals surface area contributed by atoms with Gasteiger partial charge in [0.1, 0.15) is 29.6 Å². The molecule has 2 N–H and O–H groups in total. The van der Waals surface area contributed by atoms with Crippen molar-refractivity contribution < 1.29 is 51.3 Å². The average Bonchev–Trinajstić information content (AvgIpc) is 3.69. The fraction of sp³-hybridized carbons (Fsp3) is 0.395. The van der Waals surface area contributed by atoms with Crippen LogP contribution in [0.25, 0.3) is 32.9 Å². The number of hydrogen-bond donors (Lipinski definition) is 2. The van der Waals surface area contributed by atoms with Crippen molar-refractivity contribution in [2.75, 3.05) is 39.5 Å². The van der Waals surface area contributed by atoms with Gasteiger partial charge in [0, 0.05) is 105 Å². The molecule has 0 radical (unpaired) electrons. The lowest BCUT2D eigenvalue weighted by Gasteiger charge is -2.39. The number of benzene rings is 2. The number of carbonyl (C=O) groups excluding carboxylic acids is 4.